The van der Waals surface area contributed by atoms with Crippen LogP contribution in [0.3, 0.4) is 0 Å². The average molecular weight is 405 g/mol. The number of hydrogen-bond acceptors (Lipinski definition) is 3. The molecule has 0 unspecified atom stereocenters. The quantitative estimate of drug-likeness (QED) is 0.611. The highest BCUT2D eigenvalue weighted by Gasteiger charge is 2.14. The lowest BCUT2D eigenvalue weighted by molar-refractivity contribution is 0.222. The van der Waals surface area contributed by atoms with Gasteiger partial charge in [0.15, 0.2) is 0 Å². The average Bonchev–Trinajstić information content (AvgIpc) is 3.04. The largest absolute Gasteiger partial charge is 0.351 e. The molecule has 1 aromatic heterocycles. The molecular formula is C21H26Cl2N4. The summed E-state index contributed by atoms with van der Waals surface area (Å²) < 4.78 is 2.31. The molecule has 1 saturated heterocycles. The summed E-state index contributed by atoms with van der Waals surface area (Å²) in [7, 11) is 0. The van der Waals surface area contributed by atoms with Crippen molar-refractivity contribution in [2.45, 2.75) is 32.4 Å². The Morgan fingerprint density at radius 2 is 1.67 bits per heavy atom. The number of anilines is 1. The zero-order valence-electron chi connectivity index (χ0n) is 15.4. The maximum Gasteiger partial charge on any atom is 0.204 e. The second-order valence-electron chi connectivity index (χ2n) is 6.92. The lowest BCUT2D eigenvalue weighted by Crippen LogP contribution is -2.32. The lowest BCUT2D eigenvalue weighted by Gasteiger charge is -2.26. The molecule has 0 atom stereocenters. The highest BCUT2D eigenvalue weighted by atomic mass is 35.5. The van der Waals surface area contributed by atoms with E-state index in [2.05, 4.69) is 39.0 Å². The van der Waals surface area contributed by atoms with Gasteiger partial charge in [-0.15, -0.1) is 12.4 Å². The number of hydrogen-bond donors (Lipinski definition) is 1. The van der Waals surface area contributed by atoms with Crippen LogP contribution in [0.1, 0.15) is 24.8 Å². The van der Waals surface area contributed by atoms with Gasteiger partial charge in [-0.2, -0.15) is 0 Å². The van der Waals surface area contributed by atoms with Gasteiger partial charge in [0.25, 0.3) is 0 Å². The van der Waals surface area contributed by atoms with E-state index in [0.29, 0.717) is 6.54 Å². The number of imidazole rings is 1. The molecule has 4 nitrogen and oxygen atoms in total. The normalized spacial score (nSPS) is 14.9. The minimum absolute atomic E-state index is 0. The molecule has 0 spiro atoms. The van der Waals surface area contributed by atoms with Crippen molar-refractivity contribution >= 4 is 41.0 Å². The van der Waals surface area contributed by atoms with Crippen LogP contribution >= 0.6 is 24.0 Å². The number of fused-ring (bicyclic) bond motifs is 1. The molecular weight excluding hydrogens is 379 g/mol. The molecule has 0 bridgehead atoms. The zero-order valence-corrected chi connectivity index (χ0v) is 17.0. The van der Waals surface area contributed by atoms with E-state index < -0.39 is 0 Å². The van der Waals surface area contributed by atoms with Gasteiger partial charge in [0, 0.05) is 24.7 Å². The van der Waals surface area contributed by atoms with Crippen molar-refractivity contribution in [3.8, 4) is 0 Å². The molecule has 1 N–H and O–H groups in total. The van der Waals surface area contributed by atoms with Crippen molar-refractivity contribution in [1.82, 2.24) is 14.5 Å². The third kappa shape index (κ3) is 4.75. The monoisotopic (exact) mass is 404 g/mol. The standard InChI is InChI=1S/C21H25ClN4.ClH/c22-18-9-3-2-8-17(18)16-23-21-24-19-10-4-5-11-20(19)26(21)15-14-25-12-6-1-7-13-25;/h2-5,8-11H,1,6-7,12-16H2,(H,23,24);1H. The molecule has 2 aromatic carbocycles. The topological polar surface area (TPSA) is 33.1 Å². The fourth-order valence-electron chi connectivity index (χ4n) is 3.68. The van der Waals surface area contributed by atoms with E-state index in [1.807, 2.05) is 24.3 Å². The van der Waals surface area contributed by atoms with Gasteiger partial charge in [0.05, 0.1) is 11.0 Å². The second-order valence-corrected chi connectivity index (χ2v) is 7.33. The first-order chi connectivity index (χ1) is 12.8. The SMILES string of the molecule is Cl.Clc1ccccc1CNc1nc2ccccc2n1CCN1CCCCC1. The van der Waals surface area contributed by atoms with Gasteiger partial charge < -0.3 is 14.8 Å². The summed E-state index contributed by atoms with van der Waals surface area (Å²) in [6.07, 6.45) is 4.01. The van der Waals surface area contributed by atoms with Crippen molar-refractivity contribution in [3.05, 3.63) is 59.1 Å². The van der Waals surface area contributed by atoms with E-state index in [0.717, 1.165) is 35.1 Å². The number of benzene rings is 2. The van der Waals surface area contributed by atoms with Crippen molar-refractivity contribution in [1.29, 1.82) is 0 Å². The predicted octanol–water partition coefficient (Wildman–Crippen LogP) is 5.21. The fourth-order valence-corrected chi connectivity index (χ4v) is 3.88. The zero-order chi connectivity index (χ0) is 17.8. The number of halogens is 2. The smallest absolute Gasteiger partial charge is 0.204 e. The van der Waals surface area contributed by atoms with Crippen LogP contribution in [0.5, 0.6) is 0 Å². The Kier molecular flexibility index (Phi) is 7.00. The fraction of sp³-hybridized carbons (Fsp3) is 0.381. The van der Waals surface area contributed by atoms with Crippen LogP contribution in [0.2, 0.25) is 5.02 Å². The minimum Gasteiger partial charge on any atom is -0.351 e. The summed E-state index contributed by atoms with van der Waals surface area (Å²) in [6, 6.07) is 16.3. The van der Waals surface area contributed by atoms with E-state index in [1.54, 1.807) is 0 Å². The van der Waals surface area contributed by atoms with Crippen LogP contribution in [-0.2, 0) is 13.1 Å². The number of nitrogens with zero attached hydrogens (tertiary/aromatic N) is 3. The molecule has 0 saturated carbocycles. The van der Waals surface area contributed by atoms with E-state index >= 15 is 0 Å². The Bertz CT molecular complexity index is 871. The number of piperidine rings is 1. The molecule has 2 heterocycles. The van der Waals surface area contributed by atoms with Crippen LogP contribution in [-0.4, -0.2) is 34.1 Å². The number of aromatic nitrogens is 2. The van der Waals surface area contributed by atoms with Gasteiger partial charge in [0.2, 0.25) is 5.95 Å². The Hall–Kier alpha value is -1.75. The molecule has 1 fully saturated rings. The molecule has 144 valence electrons. The lowest BCUT2D eigenvalue weighted by atomic mass is 10.1. The molecule has 1 aliphatic rings. The highest BCUT2D eigenvalue weighted by Crippen LogP contribution is 2.22. The molecule has 0 radical (unpaired) electrons. The van der Waals surface area contributed by atoms with Crippen LogP contribution < -0.4 is 5.32 Å². The summed E-state index contributed by atoms with van der Waals surface area (Å²) in [5, 5.41) is 4.28. The molecule has 1 aliphatic heterocycles. The molecule has 4 rings (SSSR count). The summed E-state index contributed by atoms with van der Waals surface area (Å²) >= 11 is 6.30. The molecule has 6 heteroatoms. The predicted molar refractivity (Wildman–Crippen MR) is 116 cm³/mol. The van der Waals surface area contributed by atoms with E-state index in [4.69, 9.17) is 16.6 Å². The van der Waals surface area contributed by atoms with Gasteiger partial charge in [-0.1, -0.05) is 48.4 Å². The molecule has 0 amide bonds. The summed E-state index contributed by atoms with van der Waals surface area (Å²) in [6.45, 7) is 5.13. The van der Waals surface area contributed by atoms with Crippen LogP contribution in [0, 0.1) is 0 Å². The second kappa shape index (κ2) is 9.45. The van der Waals surface area contributed by atoms with Crippen molar-refractivity contribution in [2.24, 2.45) is 0 Å². The van der Waals surface area contributed by atoms with Crippen LogP contribution in [0.15, 0.2) is 48.5 Å². The maximum absolute atomic E-state index is 6.30. The molecule has 0 aliphatic carbocycles. The number of para-hydroxylation sites is 2. The first-order valence-corrected chi connectivity index (χ1v) is 9.84. The van der Waals surface area contributed by atoms with Gasteiger partial charge in [0.1, 0.15) is 0 Å². The Morgan fingerprint density at radius 3 is 2.48 bits per heavy atom. The van der Waals surface area contributed by atoms with Gasteiger partial charge >= 0.3 is 0 Å². The van der Waals surface area contributed by atoms with Crippen molar-refractivity contribution in [3.63, 3.8) is 0 Å². The molecule has 27 heavy (non-hydrogen) atoms. The summed E-state index contributed by atoms with van der Waals surface area (Å²) in [5.41, 5.74) is 3.31. The van der Waals surface area contributed by atoms with E-state index in [-0.39, 0.29) is 12.4 Å². The van der Waals surface area contributed by atoms with Crippen LogP contribution in [0.4, 0.5) is 5.95 Å². The van der Waals surface area contributed by atoms with Gasteiger partial charge in [-0.3, -0.25) is 0 Å². The van der Waals surface area contributed by atoms with E-state index in [9.17, 15) is 0 Å². The number of nitrogens with one attached hydrogen (secondary N) is 1. The summed E-state index contributed by atoms with van der Waals surface area (Å²) in [4.78, 5) is 7.38. The highest BCUT2D eigenvalue weighted by molar-refractivity contribution is 6.31. The van der Waals surface area contributed by atoms with Crippen LogP contribution in [0.25, 0.3) is 11.0 Å². The number of rotatable bonds is 6. The third-order valence-electron chi connectivity index (χ3n) is 5.14. The van der Waals surface area contributed by atoms with Gasteiger partial charge in [-0.05, 0) is 49.7 Å². The minimum atomic E-state index is 0. The van der Waals surface area contributed by atoms with Gasteiger partial charge in [-0.25, -0.2) is 4.98 Å². The Morgan fingerprint density at radius 1 is 0.926 bits per heavy atom. The van der Waals surface area contributed by atoms with E-state index in [1.165, 1.54) is 37.9 Å². The number of likely N-dealkylation sites (tertiary alicyclic amines) is 1. The first-order valence-electron chi connectivity index (χ1n) is 9.46. The first kappa shape index (κ1) is 20.0. The Labute approximate surface area is 171 Å². The van der Waals surface area contributed by atoms with Crippen molar-refractivity contribution < 1.29 is 0 Å². The molecule has 3 aromatic rings. The van der Waals surface area contributed by atoms with Crippen molar-refractivity contribution in [2.75, 3.05) is 25.0 Å². The maximum atomic E-state index is 6.30. The third-order valence-corrected chi connectivity index (χ3v) is 5.51. The Balaban J connectivity index is 0.00000210. The summed E-state index contributed by atoms with van der Waals surface area (Å²) in [5.74, 6) is 0.920.